The van der Waals surface area contributed by atoms with Crippen molar-refractivity contribution in [3.05, 3.63) is 51.4 Å². The zero-order chi connectivity index (χ0) is 19.6. The number of nitrogens with one attached hydrogen (secondary N) is 1. The third-order valence-corrected chi connectivity index (χ3v) is 8.45. The van der Waals surface area contributed by atoms with Gasteiger partial charge in [-0.1, -0.05) is 36.7 Å². The summed E-state index contributed by atoms with van der Waals surface area (Å²) in [6, 6.07) is 8.00. The van der Waals surface area contributed by atoms with E-state index in [9.17, 15) is 4.79 Å². The molecule has 3 unspecified atom stereocenters. The first kappa shape index (κ1) is 18.0. The predicted octanol–water partition coefficient (Wildman–Crippen LogP) is 4.23. The largest absolute Gasteiger partial charge is 0.362 e. The van der Waals surface area contributed by atoms with Gasteiger partial charge in [-0.05, 0) is 18.2 Å². The lowest BCUT2D eigenvalue weighted by Crippen LogP contribution is -2.49. The van der Waals surface area contributed by atoms with Gasteiger partial charge in [-0.3, -0.25) is 14.7 Å². The van der Waals surface area contributed by atoms with Gasteiger partial charge >= 0.3 is 0 Å². The molecule has 1 fully saturated rings. The van der Waals surface area contributed by atoms with Crippen LogP contribution in [0.15, 0.2) is 30.3 Å². The third kappa shape index (κ3) is 2.51. The number of hydrogen-bond donors (Lipinski definition) is 1. The highest BCUT2D eigenvalue weighted by Gasteiger charge is 2.46. The number of allylic oxidation sites excluding steroid dienone is 1. The second kappa shape index (κ2) is 6.51. The second-order valence-corrected chi connectivity index (χ2v) is 9.96. The first-order valence-electron chi connectivity index (χ1n) is 9.58. The van der Waals surface area contributed by atoms with Crippen LogP contribution in [-0.4, -0.2) is 30.3 Å². The van der Waals surface area contributed by atoms with Gasteiger partial charge in [-0.25, -0.2) is 5.43 Å². The molecule has 2 aromatic rings. The normalized spacial score (nSPS) is 23.6. The molecule has 1 N–H and O–H groups in total. The van der Waals surface area contributed by atoms with E-state index < -0.39 is 0 Å². The molecule has 5 rings (SSSR count). The zero-order valence-electron chi connectivity index (χ0n) is 16.3. The quantitative estimate of drug-likeness (QED) is 0.707. The van der Waals surface area contributed by atoms with Crippen LogP contribution in [0.1, 0.15) is 35.8 Å². The van der Waals surface area contributed by atoms with Crippen LogP contribution in [0.4, 0.5) is 10.7 Å². The summed E-state index contributed by atoms with van der Waals surface area (Å²) in [7, 11) is 0.0187. The lowest BCUT2D eigenvalue weighted by Gasteiger charge is -2.31. The van der Waals surface area contributed by atoms with Crippen molar-refractivity contribution in [2.45, 2.75) is 32.5 Å². The van der Waals surface area contributed by atoms with Gasteiger partial charge in [0, 0.05) is 28.9 Å². The minimum absolute atomic E-state index is 0.0187. The highest BCUT2D eigenvalue weighted by atomic mass is 35.5. The van der Waals surface area contributed by atoms with E-state index in [0.29, 0.717) is 19.1 Å². The zero-order valence-corrected chi connectivity index (χ0v) is 17.8. The Morgan fingerprint density at radius 3 is 2.86 bits per heavy atom. The van der Waals surface area contributed by atoms with Crippen molar-refractivity contribution < 1.29 is 4.79 Å². The summed E-state index contributed by atoms with van der Waals surface area (Å²) in [5, 5.41) is 3.91. The van der Waals surface area contributed by atoms with Crippen molar-refractivity contribution in [3.63, 3.8) is 0 Å². The molecule has 3 aliphatic rings. The smallest absolute Gasteiger partial charge is 0.251 e. The average molecular weight is 416 g/mol. The minimum Gasteiger partial charge on any atom is -0.362 e. The van der Waals surface area contributed by atoms with E-state index in [1.54, 1.807) is 11.9 Å². The van der Waals surface area contributed by atoms with Crippen LogP contribution in [0.3, 0.4) is 0 Å². The SMILES string of the molecule is CC(=O)N1NCN2c3c(c4c([s+]3C)C=CC4C)CN(c3ccccc3Cl)CC12. The van der Waals surface area contributed by atoms with Gasteiger partial charge in [0.2, 0.25) is 5.91 Å². The van der Waals surface area contributed by atoms with Gasteiger partial charge in [-0.15, -0.1) is 0 Å². The van der Waals surface area contributed by atoms with Crippen molar-refractivity contribution in [2.24, 2.45) is 6.26 Å². The number of hydrazine groups is 1. The lowest BCUT2D eigenvalue weighted by molar-refractivity contribution is -0.132. The van der Waals surface area contributed by atoms with E-state index in [-0.39, 0.29) is 22.5 Å². The molecule has 7 heteroatoms. The Morgan fingerprint density at radius 2 is 2.11 bits per heavy atom. The number of benzene rings is 1. The number of rotatable bonds is 1. The fraction of sp³-hybridized carbons (Fsp3) is 0.381. The third-order valence-electron chi connectivity index (χ3n) is 6.06. The summed E-state index contributed by atoms with van der Waals surface area (Å²) >= 11 is 6.57. The van der Waals surface area contributed by atoms with Crippen LogP contribution in [0.2, 0.25) is 5.02 Å². The molecule has 3 atom stereocenters. The van der Waals surface area contributed by atoms with Crippen molar-refractivity contribution >= 4 is 44.7 Å². The van der Waals surface area contributed by atoms with E-state index in [2.05, 4.69) is 46.6 Å². The molecule has 0 radical (unpaired) electrons. The summed E-state index contributed by atoms with van der Waals surface area (Å²) in [5.74, 6) is 0.472. The Balaban J connectivity index is 1.69. The number of nitrogens with zero attached hydrogens (tertiary/aromatic N) is 3. The van der Waals surface area contributed by atoms with Crippen LogP contribution >= 0.6 is 22.1 Å². The number of carbonyl (C=O) groups excluding carboxylic acids is 1. The van der Waals surface area contributed by atoms with Gasteiger partial charge in [0.1, 0.15) is 12.4 Å². The van der Waals surface area contributed by atoms with E-state index in [0.717, 1.165) is 17.3 Å². The molecule has 1 aromatic heterocycles. The number of halogens is 1. The second-order valence-electron chi connectivity index (χ2n) is 7.71. The number of anilines is 2. The minimum atomic E-state index is -0.0458. The Morgan fingerprint density at radius 1 is 1.32 bits per heavy atom. The molecule has 1 aromatic carbocycles. The van der Waals surface area contributed by atoms with Gasteiger partial charge in [0.15, 0.2) is 4.88 Å². The Hall–Kier alpha value is -2.02. The Labute approximate surface area is 173 Å². The van der Waals surface area contributed by atoms with Crippen molar-refractivity contribution in [3.8, 4) is 0 Å². The average Bonchev–Trinajstić information content (AvgIpc) is 3.28. The number of para-hydroxylation sites is 1. The number of fused-ring (bicyclic) bond motifs is 5. The maximum Gasteiger partial charge on any atom is 0.251 e. The molecule has 1 amide bonds. The van der Waals surface area contributed by atoms with Crippen LogP contribution < -0.4 is 15.2 Å². The Bertz CT molecular complexity index is 1000. The fourth-order valence-corrected chi connectivity index (χ4v) is 7.26. The van der Waals surface area contributed by atoms with Crippen LogP contribution in [0.5, 0.6) is 0 Å². The maximum atomic E-state index is 12.3. The molecule has 1 aliphatic carbocycles. The number of thiophene rings is 1. The highest BCUT2D eigenvalue weighted by molar-refractivity contribution is 7.34. The number of carbonyl (C=O) groups is 1. The van der Waals surface area contributed by atoms with E-state index >= 15 is 0 Å². The van der Waals surface area contributed by atoms with Gasteiger partial charge in [0.25, 0.3) is 5.00 Å². The molecule has 0 spiro atoms. The number of hydrogen-bond acceptors (Lipinski definition) is 4. The monoisotopic (exact) mass is 415 g/mol. The first-order chi connectivity index (χ1) is 13.5. The topological polar surface area (TPSA) is 38.8 Å². The molecular weight excluding hydrogens is 392 g/mol. The highest BCUT2D eigenvalue weighted by Crippen LogP contribution is 2.53. The first-order valence-corrected chi connectivity index (χ1v) is 11.6. The van der Waals surface area contributed by atoms with Crippen LogP contribution in [0.25, 0.3) is 6.08 Å². The molecule has 0 saturated carbocycles. The predicted molar refractivity (Wildman–Crippen MR) is 117 cm³/mol. The van der Waals surface area contributed by atoms with E-state index in [1.165, 1.54) is 21.0 Å². The fourth-order valence-electron chi connectivity index (χ4n) is 4.79. The molecule has 5 nitrogen and oxygen atoms in total. The summed E-state index contributed by atoms with van der Waals surface area (Å²) in [6.07, 6.45) is 6.89. The standard InChI is InChI=1S/C21H24ClN4OS/c1-13-8-9-18-20(13)15-10-24(17-7-5-4-6-16(17)22)11-19-25(21(15)28(18)3)12-23-26(19)14(2)27/h4-9,13,19,23H,10-12H2,1-3H3/q+1. The van der Waals surface area contributed by atoms with Crippen LogP contribution in [0, 0.1) is 0 Å². The Kier molecular flexibility index (Phi) is 4.19. The summed E-state index contributed by atoms with van der Waals surface area (Å²) < 4.78 is 0. The van der Waals surface area contributed by atoms with Gasteiger partial charge < -0.3 is 4.90 Å². The van der Waals surface area contributed by atoms with Crippen molar-refractivity contribution in [1.29, 1.82) is 0 Å². The summed E-state index contributed by atoms with van der Waals surface area (Å²) in [5.41, 5.74) is 7.21. The maximum absolute atomic E-state index is 12.3. The van der Waals surface area contributed by atoms with Crippen LogP contribution in [-0.2, 0) is 17.6 Å². The van der Waals surface area contributed by atoms with E-state index in [4.69, 9.17) is 11.6 Å². The molecular formula is C21H24ClN4OS+. The van der Waals surface area contributed by atoms with Crippen molar-refractivity contribution in [1.82, 2.24) is 10.4 Å². The van der Waals surface area contributed by atoms with Gasteiger partial charge in [0.05, 0.1) is 36.0 Å². The number of amides is 1. The summed E-state index contributed by atoms with van der Waals surface area (Å²) in [6.45, 7) is 6.10. The molecule has 2 aliphatic heterocycles. The molecule has 0 bridgehead atoms. The molecule has 28 heavy (non-hydrogen) atoms. The molecule has 3 heterocycles. The summed E-state index contributed by atoms with van der Waals surface area (Å²) in [4.78, 5) is 18.5. The van der Waals surface area contributed by atoms with E-state index in [1.807, 2.05) is 18.2 Å². The molecule has 146 valence electrons. The van der Waals surface area contributed by atoms with Gasteiger partial charge in [-0.2, -0.15) is 0 Å². The van der Waals surface area contributed by atoms with Crippen molar-refractivity contribution in [2.75, 3.05) is 23.0 Å². The lowest BCUT2D eigenvalue weighted by atomic mass is 10.0. The molecule has 1 saturated heterocycles.